The van der Waals surface area contributed by atoms with Gasteiger partial charge in [-0.3, -0.25) is 14.4 Å². The molecule has 0 unspecified atom stereocenters. The summed E-state index contributed by atoms with van der Waals surface area (Å²) in [6, 6.07) is 13.0. The van der Waals surface area contributed by atoms with E-state index >= 15 is 0 Å². The second-order valence-corrected chi connectivity index (χ2v) is 13.4. The molecule has 13 nitrogen and oxygen atoms in total. The number of H-pyrrole nitrogens is 2. The molecule has 1 fully saturated rings. The monoisotopic (exact) mass is 694 g/mol. The lowest BCUT2D eigenvalue weighted by atomic mass is 9.83. The predicted molar refractivity (Wildman–Crippen MR) is 192 cm³/mol. The number of methoxy groups -OCH3 is 1. The number of aryl methyl sites for hydroxylation is 2. The molecule has 0 bridgehead atoms. The summed E-state index contributed by atoms with van der Waals surface area (Å²) in [5.41, 5.74) is 8.16. The van der Waals surface area contributed by atoms with E-state index in [4.69, 9.17) is 4.98 Å². The summed E-state index contributed by atoms with van der Waals surface area (Å²) in [6.45, 7) is 7.54. The number of likely N-dealkylation sites (tertiary alicyclic amines) is 1. The summed E-state index contributed by atoms with van der Waals surface area (Å²) < 4.78 is 4.65. The maximum atomic E-state index is 13.3. The van der Waals surface area contributed by atoms with Crippen molar-refractivity contribution in [3.05, 3.63) is 71.6 Å². The fraction of sp³-hybridized carbons (Fsp3) is 0.421. The number of carbonyl (C=O) groups excluding carboxylic acids is 4. The van der Waals surface area contributed by atoms with E-state index in [9.17, 15) is 19.2 Å². The van der Waals surface area contributed by atoms with Crippen LogP contribution in [0.25, 0.3) is 33.6 Å². The van der Waals surface area contributed by atoms with Crippen molar-refractivity contribution in [2.24, 2.45) is 5.92 Å². The van der Waals surface area contributed by atoms with E-state index in [2.05, 4.69) is 80.6 Å². The molecule has 2 aromatic heterocycles. The van der Waals surface area contributed by atoms with Crippen molar-refractivity contribution in [3.8, 4) is 33.6 Å². The van der Waals surface area contributed by atoms with Crippen LogP contribution in [0.1, 0.15) is 62.8 Å². The normalized spacial score (nSPS) is 17.7. The number of fused-ring (bicyclic) bond motifs is 3. The number of amides is 4. The standard InChI is InChI=1S/C38H46N8O5/c1-5-14-45(34(48)20-39-23-47)22-33-40-18-31(43-33)26-9-11-29-24(16-26)7-8-25-17-27(10-12-30(25)29)32-19-41-36(44-32)38(3)28(6-2)13-15-46(38)35(49)21-42-37(50)51-4/h9-12,16-19,23,28H,5-8,13-15,20-22H2,1-4H3,(H,39,47)(H,40,43)(H,41,44)(H,42,50)/t28-,38+/m1/s1. The molecule has 268 valence electrons. The van der Waals surface area contributed by atoms with Gasteiger partial charge >= 0.3 is 6.09 Å². The molecule has 51 heavy (non-hydrogen) atoms. The average molecular weight is 695 g/mol. The molecule has 6 rings (SSSR count). The third-order valence-electron chi connectivity index (χ3n) is 10.4. The number of nitrogens with zero attached hydrogens (tertiary/aromatic N) is 4. The lowest BCUT2D eigenvalue weighted by molar-refractivity contribution is -0.135. The minimum atomic E-state index is -0.636. The van der Waals surface area contributed by atoms with E-state index in [1.807, 2.05) is 18.0 Å². The number of benzene rings is 2. The van der Waals surface area contributed by atoms with E-state index in [1.54, 1.807) is 11.1 Å². The van der Waals surface area contributed by atoms with Crippen LogP contribution in [-0.4, -0.2) is 87.3 Å². The Morgan fingerprint density at radius 3 is 2.29 bits per heavy atom. The largest absolute Gasteiger partial charge is 0.453 e. The number of nitrogens with one attached hydrogen (secondary N) is 4. The zero-order chi connectivity index (χ0) is 36.1. The average Bonchev–Trinajstić information content (AvgIpc) is 3.91. The van der Waals surface area contributed by atoms with Crippen molar-refractivity contribution in [2.75, 3.05) is 33.3 Å². The number of aromatic amines is 2. The van der Waals surface area contributed by atoms with E-state index in [-0.39, 0.29) is 30.8 Å². The van der Waals surface area contributed by atoms with Crippen molar-refractivity contribution in [2.45, 2.75) is 65.0 Å². The van der Waals surface area contributed by atoms with Gasteiger partial charge in [0.1, 0.15) is 23.7 Å². The summed E-state index contributed by atoms with van der Waals surface area (Å²) in [7, 11) is 1.28. The zero-order valence-corrected chi connectivity index (χ0v) is 29.7. The van der Waals surface area contributed by atoms with Crippen LogP contribution in [0.4, 0.5) is 4.79 Å². The Labute approximate surface area is 297 Å². The molecule has 0 saturated carbocycles. The van der Waals surface area contributed by atoms with Crippen LogP contribution in [0.5, 0.6) is 0 Å². The topological polar surface area (TPSA) is 165 Å². The third-order valence-corrected chi connectivity index (χ3v) is 10.4. The number of alkyl carbamates (subject to hydrolysis) is 1. The second kappa shape index (κ2) is 15.2. The van der Waals surface area contributed by atoms with Gasteiger partial charge in [-0.1, -0.05) is 44.5 Å². The molecular formula is C38H46N8O5. The Morgan fingerprint density at radius 2 is 1.67 bits per heavy atom. The first-order chi connectivity index (χ1) is 24.7. The summed E-state index contributed by atoms with van der Waals surface area (Å²) in [6.07, 6.45) is 7.89. The molecule has 3 heterocycles. The van der Waals surface area contributed by atoms with Gasteiger partial charge in [-0.25, -0.2) is 14.8 Å². The van der Waals surface area contributed by atoms with Gasteiger partial charge in [0.15, 0.2) is 0 Å². The van der Waals surface area contributed by atoms with Crippen LogP contribution in [0, 0.1) is 5.92 Å². The minimum absolute atomic E-state index is 0.0353. The Hall–Kier alpha value is -5.46. The van der Waals surface area contributed by atoms with Crippen molar-refractivity contribution in [1.82, 2.24) is 40.4 Å². The number of carbonyl (C=O) groups is 4. The molecule has 2 aromatic carbocycles. The lowest BCUT2D eigenvalue weighted by Crippen LogP contribution is -2.50. The SMILES string of the molecule is CCCN(Cc1ncc(-c2ccc3c(c2)CCc2cc(-c4cnc([C@]5(C)[C@H](CC)CCN5C(=O)CNC(=O)OC)[nH]4)ccc2-3)[nH]1)C(=O)CNC=O. The number of imidazole rings is 2. The van der Waals surface area contributed by atoms with E-state index in [0.717, 1.165) is 60.4 Å². The number of hydrogen-bond donors (Lipinski definition) is 4. The lowest BCUT2D eigenvalue weighted by Gasteiger charge is -2.37. The molecule has 0 spiro atoms. The van der Waals surface area contributed by atoms with Gasteiger partial charge in [0.25, 0.3) is 0 Å². The van der Waals surface area contributed by atoms with Crippen molar-refractivity contribution in [3.63, 3.8) is 0 Å². The number of ether oxygens (including phenoxy) is 1. The zero-order valence-electron chi connectivity index (χ0n) is 29.7. The highest BCUT2D eigenvalue weighted by atomic mass is 16.5. The van der Waals surface area contributed by atoms with Gasteiger partial charge in [0, 0.05) is 13.1 Å². The molecule has 4 N–H and O–H groups in total. The Balaban J connectivity index is 1.19. The second-order valence-electron chi connectivity index (χ2n) is 13.4. The van der Waals surface area contributed by atoms with Crippen LogP contribution in [-0.2, 0) is 44.0 Å². The molecule has 1 aliphatic carbocycles. The molecule has 2 atom stereocenters. The maximum Gasteiger partial charge on any atom is 0.407 e. The smallest absolute Gasteiger partial charge is 0.407 e. The van der Waals surface area contributed by atoms with Crippen molar-refractivity contribution < 1.29 is 23.9 Å². The van der Waals surface area contributed by atoms with Crippen LogP contribution >= 0.6 is 0 Å². The summed E-state index contributed by atoms with van der Waals surface area (Å²) in [5, 5.41) is 4.97. The van der Waals surface area contributed by atoms with Gasteiger partial charge in [-0.15, -0.1) is 0 Å². The van der Waals surface area contributed by atoms with Crippen LogP contribution in [0.3, 0.4) is 0 Å². The highest BCUT2D eigenvalue weighted by Gasteiger charge is 2.49. The highest BCUT2D eigenvalue weighted by Crippen LogP contribution is 2.44. The highest BCUT2D eigenvalue weighted by molar-refractivity contribution is 5.83. The fourth-order valence-corrected chi connectivity index (χ4v) is 7.67. The van der Waals surface area contributed by atoms with Gasteiger partial charge in [-0.05, 0) is 84.0 Å². The molecular weight excluding hydrogens is 648 g/mol. The first-order valence-corrected chi connectivity index (χ1v) is 17.6. The van der Waals surface area contributed by atoms with E-state index < -0.39 is 11.6 Å². The van der Waals surface area contributed by atoms with Crippen LogP contribution in [0.15, 0.2) is 48.8 Å². The summed E-state index contributed by atoms with van der Waals surface area (Å²) in [4.78, 5) is 67.9. The first-order valence-electron chi connectivity index (χ1n) is 17.6. The maximum absolute atomic E-state index is 13.3. The molecule has 4 aromatic rings. The molecule has 2 aliphatic rings. The Morgan fingerprint density at radius 1 is 1.00 bits per heavy atom. The van der Waals surface area contributed by atoms with E-state index in [0.29, 0.717) is 31.9 Å². The quantitative estimate of drug-likeness (QED) is 0.149. The van der Waals surface area contributed by atoms with Crippen molar-refractivity contribution >= 4 is 24.3 Å². The van der Waals surface area contributed by atoms with Gasteiger partial charge < -0.3 is 35.1 Å². The van der Waals surface area contributed by atoms with Crippen molar-refractivity contribution in [1.29, 1.82) is 0 Å². The predicted octanol–water partition coefficient (Wildman–Crippen LogP) is 4.55. The Kier molecular flexibility index (Phi) is 10.5. The van der Waals surface area contributed by atoms with Gasteiger partial charge in [0.05, 0.1) is 44.0 Å². The van der Waals surface area contributed by atoms with Crippen LogP contribution < -0.4 is 10.6 Å². The minimum Gasteiger partial charge on any atom is -0.453 e. The molecule has 4 amide bonds. The van der Waals surface area contributed by atoms with Gasteiger partial charge in [0.2, 0.25) is 18.2 Å². The number of rotatable bonds is 13. The van der Waals surface area contributed by atoms with Crippen LogP contribution in [0.2, 0.25) is 0 Å². The summed E-state index contributed by atoms with van der Waals surface area (Å²) >= 11 is 0. The van der Waals surface area contributed by atoms with Gasteiger partial charge in [-0.2, -0.15) is 0 Å². The first kappa shape index (κ1) is 35.4. The third kappa shape index (κ3) is 7.10. The molecule has 1 saturated heterocycles. The van der Waals surface area contributed by atoms with E-state index in [1.165, 1.54) is 29.4 Å². The number of hydrogen-bond acceptors (Lipinski definition) is 7. The fourth-order valence-electron chi connectivity index (χ4n) is 7.67. The molecule has 1 aliphatic heterocycles. The Bertz CT molecular complexity index is 1920. The molecule has 0 radical (unpaired) electrons. The number of aromatic nitrogens is 4. The molecule has 13 heteroatoms. The summed E-state index contributed by atoms with van der Waals surface area (Å²) in [5.74, 6) is 1.33.